The van der Waals surface area contributed by atoms with E-state index in [4.69, 9.17) is 0 Å². The third-order valence-corrected chi connectivity index (χ3v) is 2.35. The Kier molecular flexibility index (Phi) is 1.60. The second kappa shape index (κ2) is 2.51. The van der Waals surface area contributed by atoms with Gasteiger partial charge in [0.2, 0.25) is 0 Å². The van der Waals surface area contributed by atoms with E-state index in [0.717, 1.165) is 0 Å². The predicted molar refractivity (Wildman–Crippen MR) is 41.2 cm³/mol. The predicted octanol–water partition coefficient (Wildman–Crippen LogP) is 2.38. The molecule has 1 aliphatic carbocycles. The number of nitrogens with zero attached hydrogens (tertiary/aromatic N) is 1. The van der Waals surface area contributed by atoms with Gasteiger partial charge in [0.15, 0.2) is 5.67 Å². The molecule has 1 aromatic rings. The second-order valence-corrected chi connectivity index (χ2v) is 3.08. The first-order valence-electron chi connectivity index (χ1n) is 3.98. The fraction of sp³-hybridized carbons (Fsp3) is 0.444. The van der Waals surface area contributed by atoms with Crippen molar-refractivity contribution < 1.29 is 8.78 Å². The van der Waals surface area contributed by atoms with E-state index in [1.165, 1.54) is 12.3 Å². The first-order valence-corrected chi connectivity index (χ1v) is 3.98. The monoisotopic (exact) mass is 169 g/mol. The molecule has 0 unspecified atom stereocenters. The molecular formula is C9H9F2N. The number of alkyl halides is 2. The van der Waals surface area contributed by atoms with Crippen molar-refractivity contribution in [3.05, 3.63) is 30.1 Å². The molecule has 0 amide bonds. The standard InChI is InChI=1S/C9H9F2N/c10-7-4-5-9(7,11)8-3-1-2-6-12-8/h1-3,6-7H,4-5H2/t7-,9+/m1/s1. The highest BCUT2D eigenvalue weighted by molar-refractivity contribution is 5.19. The minimum atomic E-state index is -1.80. The average Bonchev–Trinajstić information content (AvgIpc) is 2.16. The minimum absolute atomic E-state index is 0.226. The largest absolute Gasteiger partial charge is 0.258 e. The summed E-state index contributed by atoms with van der Waals surface area (Å²) in [5, 5.41) is 0. The Balaban J connectivity index is 2.31. The molecule has 1 aliphatic rings. The number of rotatable bonds is 1. The molecule has 0 spiro atoms. The summed E-state index contributed by atoms with van der Waals surface area (Å²) in [4.78, 5) is 3.81. The van der Waals surface area contributed by atoms with Gasteiger partial charge in [-0.3, -0.25) is 4.98 Å². The summed E-state index contributed by atoms with van der Waals surface area (Å²) in [5.41, 5.74) is -1.58. The van der Waals surface area contributed by atoms with E-state index in [2.05, 4.69) is 4.98 Å². The van der Waals surface area contributed by atoms with Crippen molar-refractivity contribution in [2.75, 3.05) is 0 Å². The molecule has 1 saturated carbocycles. The van der Waals surface area contributed by atoms with Crippen LogP contribution in [0.3, 0.4) is 0 Å². The maximum absolute atomic E-state index is 13.6. The smallest absolute Gasteiger partial charge is 0.183 e. The van der Waals surface area contributed by atoms with Crippen molar-refractivity contribution in [2.45, 2.75) is 24.7 Å². The van der Waals surface area contributed by atoms with Gasteiger partial charge in [0.1, 0.15) is 6.17 Å². The molecule has 0 aromatic carbocycles. The van der Waals surface area contributed by atoms with Gasteiger partial charge in [-0.05, 0) is 25.0 Å². The van der Waals surface area contributed by atoms with Gasteiger partial charge in [0.05, 0.1) is 5.69 Å². The zero-order chi connectivity index (χ0) is 8.60. The van der Waals surface area contributed by atoms with Crippen molar-refractivity contribution in [1.29, 1.82) is 0 Å². The van der Waals surface area contributed by atoms with Gasteiger partial charge in [-0.15, -0.1) is 0 Å². The third-order valence-electron chi connectivity index (χ3n) is 2.35. The van der Waals surface area contributed by atoms with Gasteiger partial charge >= 0.3 is 0 Å². The van der Waals surface area contributed by atoms with Gasteiger partial charge in [0.25, 0.3) is 0 Å². The Bertz CT molecular complexity index is 275. The SMILES string of the molecule is F[C@@H]1CC[C@@]1(F)c1ccccn1. The van der Waals surface area contributed by atoms with Crippen molar-refractivity contribution in [1.82, 2.24) is 4.98 Å². The van der Waals surface area contributed by atoms with E-state index >= 15 is 0 Å². The Morgan fingerprint density at radius 2 is 2.33 bits per heavy atom. The molecule has 1 fully saturated rings. The van der Waals surface area contributed by atoms with E-state index < -0.39 is 11.8 Å². The van der Waals surface area contributed by atoms with Crippen LogP contribution in [0.15, 0.2) is 24.4 Å². The fourth-order valence-corrected chi connectivity index (χ4v) is 1.40. The molecule has 2 atom stereocenters. The molecule has 0 radical (unpaired) electrons. The number of aromatic nitrogens is 1. The molecule has 0 N–H and O–H groups in total. The molecule has 0 saturated heterocycles. The summed E-state index contributed by atoms with van der Waals surface area (Å²) in [6, 6.07) is 4.90. The van der Waals surface area contributed by atoms with Gasteiger partial charge in [-0.25, -0.2) is 8.78 Å². The van der Waals surface area contributed by atoms with E-state index in [-0.39, 0.29) is 12.1 Å². The lowest BCUT2D eigenvalue weighted by Crippen LogP contribution is -2.42. The van der Waals surface area contributed by atoms with Crippen LogP contribution >= 0.6 is 0 Å². The Morgan fingerprint density at radius 3 is 2.75 bits per heavy atom. The lowest BCUT2D eigenvalue weighted by Gasteiger charge is -2.36. The molecule has 1 nitrogen and oxygen atoms in total. The Labute approximate surface area is 69.4 Å². The van der Waals surface area contributed by atoms with Crippen LogP contribution in [0.4, 0.5) is 8.78 Å². The minimum Gasteiger partial charge on any atom is -0.258 e. The van der Waals surface area contributed by atoms with Crippen LogP contribution in [0.2, 0.25) is 0 Å². The van der Waals surface area contributed by atoms with E-state index in [9.17, 15) is 8.78 Å². The first kappa shape index (κ1) is 7.65. The van der Waals surface area contributed by atoms with Crippen LogP contribution in [0.5, 0.6) is 0 Å². The molecule has 1 aromatic heterocycles. The summed E-state index contributed by atoms with van der Waals surface area (Å²) in [5.74, 6) is 0. The lowest BCUT2D eigenvalue weighted by atomic mass is 9.77. The molecule has 12 heavy (non-hydrogen) atoms. The van der Waals surface area contributed by atoms with Crippen LogP contribution in [0, 0.1) is 0 Å². The summed E-state index contributed by atoms with van der Waals surface area (Å²) in [6.45, 7) is 0. The van der Waals surface area contributed by atoms with Crippen molar-refractivity contribution in [2.24, 2.45) is 0 Å². The number of hydrogen-bond donors (Lipinski definition) is 0. The van der Waals surface area contributed by atoms with Gasteiger partial charge < -0.3 is 0 Å². The molecule has 64 valence electrons. The first-order chi connectivity index (χ1) is 5.73. The molecule has 2 rings (SSSR count). The van der Waals surface area contributed by atoms with Crippen molar-refractivity contribution >= 4 is 0 Å². The maximum atomic E-state index is 13.6. The summed E-state index contributed by atoms with van der Waals surface area (Å²) in [7, 11) is 0. The van der Waals surface area contributed by atoms with Crippen LogP contribution in [0.1, 0.15) is 18.5 Å². The third kappa shape index (κ3) is 0.924. The number of hydrogen-bond acceptors (Lipinski definition) is 1. The van der Waals surface area contributed by atoms with E-state index in [0.29, 0.717) is 6.42 Å². The maximum Gasteiger partial charge on any atom is 0.183 e. The molecule has 1 heterocycles. The van der Waals surface area contributed by atoms with Crippen LogP contribution in [-0.2, 0) is 5.67 Å². The van der Waals surface area contributed by atoms with Crippen LogP contribution in [0.25, 0.3) is 0 Å². The summed E-state index contributed by atoms with van der Waals surface area (Å²) < 4.78 is 26.4. The molecule has 3 heteroatoms. The highest BCUT2D eigenvalue weighted by Crippen LogP contribution is 2.46. The molecule has 0 bridgehead atoms. The second-order valence-electron chi connectivity index (χ2n) is 3.08. The molecule has 0 aliphatic heterocycles. The zero-order valence-electron chi connectivity index (χ0n) is 6.50. The van der Waals surface area contributed by atoms with Crippen LogP contribution in [-0.4, -0.2) is 11.2 Å². The van der Waals surface area contributed by atoms with Crippen molar-refractivity contribution in [3.8, 4) is 0 Å². The highest BCUT2D eigenvalue weighted by atomic mass is 19.2. The Hall–Kier alpha value is -0.990. The highest BCUT2D eigenvalue weighted by Gasteiger charge is 2.50. The summed E-state index contributed by atoms with van der Waals surface area (Å²) in [6.07, 6.45) is 0.687. The number of halogens is 2. The fourth-order valence-electron chi connectivity index (χ4n) is 1.40. The van der Waals surface area contributed by atoms with E-state index in [1.807, 2.05) is 0 Å². The summed E-state index contributed by atoms with van der Waals surface area (Å²) >= 11 is 0. The van der Waals surface area contributed by atoms with Gasteiger partial charge in [-0.2, -0.15) is 0 Å². The van der Waals surface area contributed by atoms with E-state index in [1.54, 1.807) is 12.1 Å². The Morgan fingerprint density at radius 1 is 1.50 bits per heavy atom. The van der Waals surface area contributed by atoms with Crippen molar-refractivity contribution in [3.63, 3.8) is 0 Å². The van der Waals surface area contributed by atoms with Gasteiger partial charge in [0, 0.05) is 6.20 Å². The average molecular weight is 169 g/mol. The zero-order valence-corrected chi connectivity index (χ0v) is 6.50. The van der Waals surface area contributed by atoms with Gasteiger partial charge in [-0.1, -0.05) is 6.07 Å². The number of pyridine rings is 1. The molecular weight excluding hydrogens is 160 g/mol. The topological polar surface area (TPSA) is 12.9 Å². The lowest BCUT2D eigenvalue weighted by molar-refractivity contribution is -0.0462. The van der Waals surface area contributed by atoms with Crippen LogP contribution < -0.4 is 0 Å². The quantitative estimate of drug-likeness (QED) is 0.629. The normalized spacial score (nSPS) is 34.3.